The molecule has 1 aromatic heterocycles. The maximum atomic E-state index is 11.3. The summed E-state index contributed by atoms with van der Waals surface area (Å²) >= 11 is 0. The van der Waals surface area contributed by atoms with Crippen LogP contribution in [0.5, 0.6) is 0 Å². The summed E-state index contributed by atoms with van der Waals surface area (Å²) in [6.45, 7) is 2.77. The van der Waals surface area contributed by atoms with Crippen LogP contribution in [0.4, 0.5) is 0 Å². The molecule has 4 heteroatoms. The largest absolute Gasteiger partial charge is 0.466 e. The van der Waals surface area contributed by atoms with E-state index in [0.29, 0.717) is 17.9 Å². The standard InChI is InChI=1S/C12H16O4/c1-9-7-15-10(6-11(9)13)8-16-12-4-2-3-5-14-12/h6-7,12H,2-5,8H2,1H3. The summed E-state index contributed by atoms with van der Waals surface area (Å²) in [5.41, 5.74) is 0.590. The molecule has 0 spiro atoms. The van der Waals surface area contributed by atoms with E-state index in [9.17, 15) is 4.79 Å². The van der Waals surface area contributed by atoms with E-state index in [0.717, 1.165) is 25.9 Å². The molecule has 0 aliphatic carbocycles. The van der Waals surface area contributed by atoms with Crippen LogP contribution in [0.2, 0.25) is 0 Å². The second kappa shape index (κ2) is 5.27. The monoisotopic (exact) mass is 224 g/mol. The van der Waals surface area contributed by atoms with Crippen LogP contribution in [0.25, 0.3) is 0 Å². The van der Waals surface area contributed by atoms with Crippen molar-refractivity contribution in [3.8, 4) is 0 Å². The van der Waals surface area contributed by atoms with Gasteiger partial charge in [-0.3, -0.25) is 4.79 Å². The number of hydrogen-bond acceptors (Lipinski definition) is 4. The normalized spacial score (nSPS) is 20.9. The summed E-state index contributed by atoms with van der Waals surface area (Å²) in [6, 6.07) is 1.47. The second-order valence-corrected chi connectivity index (χ2v) is 4.00. The lowest BCUT2D eigenvalue weighted by Gasteiger charge is -2.22. The van der Waals surface area contributed by atoms with E-state index in [1.165, 1.54) is 12.3 Å². The van der Waals surface area contributed by atoms with Gasteiger partial charge in [-0.2, -0.15) is 0 Å². The molecule has 88 valence electrons. The number of rotatable bonds is 3. The van der Waals surface area contributed by atoms with Gasteiger partial charge in [0, 0.05) is 18.2 Å². The topological polar surface area (TPSA) is 48.7 Å². The zero-order valence-electron chi connectivity index (χ0n) is 9.40. The first-order valence-corrected chi connectivity index (χ1v) is 5.57. The van der Waals surface area contributed by atoms with Gasteiger partial charge >= 0.3 is 0 Å². The van der Waals surface area contributed by atoms with Crippen molar-refractivity contribution in [3.63, 3.8) is 0 Å². The van der Waals surface area contributed by atoms with Crippen LogP contribution in [-0.2, 0) is 16.1 Å². The maximum absolute atomic E-state index is 11.3. The first kappa shape index (κ1) is 11.4. The van der Waals surface area contributed by atoms with Gasteiger partial charge in [0.1, 0.15) is 12.4 Å². The number of aryl methyl sites for hydroxylation is 1. The molecule has 0 radical (unpaired) electrons. The number of hydrogen-bond donors (Lipinski definition) is 0. The Kier molecular flexibility index (Phi) is 3.74. The third kappa shape index (κ3) is 2.93. The van der Waals surface area contributed by atoms with Crippen molar-refractivity contribution in [1.82, 2.24) is 0 Å². The Bertz CT molecular complexity index is 390. The smallest absolute Gasteiger partial charge is 0.188 e. The molecule has 0 N–H and O–H groups in total. The van der Waals surface area contributed by atoms with Gasteiger partial charge in [0.25, 0.3) is 0 Å². The van der Waals surface area contributed by atoms with Crippen LogP contribution in [0.1, 0.15) is 30.6 Å². The molecule has 16 heavy (non-hydrogen) atoms. The highest BCUT2D eigenvalue weighted by Gasteiger charge is 2.14. The van der Waals surface area contributed by atoms with E-state index in [4.69, 9.17) is 13.9 Å². The van der Waals surface area contributed by atoms with Crippen LogP contribution in [-0.4, -0.2) is 12.9 Å². The molecule has 0 aromatic carbocycles. The second-order valence-electron chi connectivity index (χ2n) is 4.00. The molecule has 1 saturated heterocycles. The molecule has 1 aromatic rings. The minimum absolute atomic E-state index is 0.0191. The van der Waals surface area contributed by atoms with Gasteiger partial charge in [0.15, 0.2) is 11.7 Å². The third-order valence-corrected chi connectivity index (χ3v) is 2.62. The molecular weight excluding hydrogens is 208 g/mol. The van der Waals surface area contributed by atoms with E-state index in [1.54, 1.807) is 6.92 Å². The molecular formula is C12H16O4. The van der Waals surface area contributed by atoms with Gasteiger partial charge in [-0.1, -0.05) is 0 Å². The van der Waals surface area contributed by atoms with Crippen molar-refractivity contribution in [2.45, 2.75) is 39.1 Å². The van der Waals surface area contributed by atoms with Crippen molar-refractivity contribution < 1.29 is 13.9 Å². The number of ether oxygens (including phenoxy) is 2. The fraction of sp³-hybridized carbons (Fsp3) is 0.583. The van der Waals surface area contributed by atoms with E-state index in [-0.39, 0.29) is 11.7 Å². The Morgan fingerprint density at radius 2 is 2.38 bits per heavy atom. The van der Waals surface area contributed by atoms with Crippen molar-refractivity contribution in [1.29, 1.82) is 0 Å². The van der Waals surface area contributed by atoms with Crippen LogP contribution in [0.15, 0.2) is 21.5 Å². The Morgan fingerprint density at radius 1 is 1.50 bits per heavy atom. The summed E-state index contributed by atoms with van der Waals surface area (Å²) < 4.78 is 16.2. The summed E-state index contributed by atoms with van der Waals surface area (Å²) in [6.07, 6.45) is 4.45. The summed E-state index contributed by atoms with van der Waals surface area (Å²) in [5, 5.41) is 0. The minimum Gasteiger partial charge on any atom is -0.466 e. The Labute approximate surface area is 94.2 Å². The molecule has 2 heterocycles. The average molecular weight is 224 g/mol. The van der Waals surface area contributed by atoms with Crippen molar-refractivity contribution in [2.24, 2.45) is 0 Å². The highest BCUT2D eigenvalue weighted by Crippen LogP contribution is 2.15. The predicted octanol–water partition coefficient (Wildman–Crippen LogP) is 1.99. The van der Waals surface area contributed by atoms with Crippen molar-refractivity contribution in [3.05, 3.63) is 33.9 Å². The average Bonchev–Trinajstić information content (AvgIpc) is 2.32. The van der Waals surface area contributed by atoms with Crippen LogP contribution in [0, 0.1) is 6.92 Å². The zero-order valence-corrected chi connectivity index (χ0v) is 9.40. The van der Waals surface area contributed by atoms with Crippen molar-refractivity contribution in [2.75, 3.05) is 6.61 Å². The predicted molar refractivity (Wildman–Crippen MR) is 58.1 cm³/mol. The lowest BCUT2D eigenvalue weighted by Crippen LogP contribution is -2.22. The maximum Gasteiger partial charge on any atom is 0.188 e. The lowest BCUT2D eigenvalue weighted by molar-refractivity contribution is -0.171. The fourth-order valence-electron chi connectivity index (χ4n) is 1.61. The van der Waals surface area contributed by atoms with Gasteiger partial charge in [-0.25, -0.2) is 0 Å². The minimum atomic E-state index is -0.152. The highest BCUT2D eigenvalue weighted by atomic mass is 16.7. The summed E-state index contributed by atoms with van der Waals surface area (Å²) in [4.78, 5) is 11.3. The van der Waals surface area contributed by atoms with Crippen LogP contribution >= 0.6 is 0 Å². The molecule has 0 saturated carbocycles. The molecule has 0 amide bonds. The molecule has 4 nitrogen and oxygen atoms in total. The molecule has 1 atom stereocenters. The summed E-state index contributed by atoms with van der Waals surface area (Å²) in [5.74, 6) is 0.546. The lowest BCUT2D eigenvalue weighted by atomic mass is 10.2. The van der Waals surface area contributed by atoms with E-state index in [1.807, 2.05) is 0 Å². The molecule has 1 fully saturated rings. The Morgan fingerprint density at radius 3 is 3.06 bits per heavy atom. The van der Waals surface area contributed by atoms with E-state index >= 15 is 0 Å². The zero-order chi connectivity index (χ0) is 11.4. The van der Waals surface area contributed by atoms with Gasteiger partial charge in [-0.15, -0.1) is 0 Å². The summed E-state index contributed by atoms with van der Waals surface area (Å²) in [7, 11) is 0. The first-order valence-electron chi connectivity index (χ1n) is 5.57. The Hall–Kier alpha value is -1.13. The highest BCUT2D eigenvalue weighted by molar-refractivity contribution is 5.08. The molecule has 1 unspecified atom stereocenters. The van der Waals surface area contributed by atoms with E-state index < -0.39 is 0 Å². The first-order chi connectivity index (χ1) is 7.75. The van der Waals surface area contributed by atoms with Gasteiger partial charge in [0.05, 0.1) is 6.26 Å². The van der Waals surface area contributed by atoms with Gasteiger partial charge < -0.3 is 13.9 Å². The molecule has 1 aliphatic rings. The molecule has 1 aliphatic heterocycles. The van der Waals surface area contributed by atoms with E-state index in [2.05, 4.69) is 0 Å². The third-order valence-electron chi connectivity index (χ3n) is 2.62. The fourth-order valence-corrected chi connectivity index (χ4v) is 1.61. The molecule has 2 rings (SSSR count). The van der Waals surface area contributed by atoms with Crippen molar-refractivity contribution >= 4 is 0 Å². The SMILES string of the molecule is Cc1coc(COC2CCCCO2)cc1=O. The van der Waals surface area contributed by atoms with Crippen LogP contribution in [0.3, 0.4) is 0 Å². The molecule has 0 bridgehead atoms. The van der Waals surface area contributed by atoms with Crippen LogP contribution < -0.4 is 5.43 Å². The quantitative estimate of drug-likeness (QED) is 0.787. The van der Waals surface area contributed by atoms with Gasteiger partial charge in [0.2, 0.25) is 0 Å². The van der Waals surface area contributed by atoms with Gasteiger partial charge in [-0.05, 0) is 26.2 Å². The Balaban J connectivity index is 1.88.